The van der Waals surface area contributed by atoms with E-state index in [1.54, 1.807) is 30.0 Å². The van der Waals surface area contributed by atoms with Gasteiger partial charge in [0, 0.05) is 28.6 Å². The molecule has 0 bridgehead atoms. The Morgan fingerprint density at radius 1 is 1.14 bits per heavy atom. The Bertz CT molecular complexity index is 963. The van der Waals surface area contributed by atoms with Gasteiger partial charge in [0.2, 0.25) is 15.9 Å². The molecule has 0 unspecified atom stereocenters. The number of sulfonamides is 1. The van der Waals surface area contributed by atoms with E-state index in [1.807, 2.05) is 24.3 Å². The van der Waals surface area contributed by atoms with Gasteiger partial charge in [-0.3, -0.25) is 13.9 Å². The number of halogens is 1. The number of hydrogen-bond acceptors (Lipinski definition) is 5. The maximum Gasteiger partial charge on any atom is 0.240 e. The number of nitrogens with zero attached hydrogens (tertiary/aromatic N) is 1. The Morgan fingerprint density at radius 2 is 1.83 bits per heavy atom. The largest absolute Gasteiger partial charge is 0.354 e. The number of amides is 1. The van der Waals surface area contributed by atoms with E-state index in [9.17, 15) is 18.0 Å². The number of anilines is 1. The van der Waals surface area contributed by atoms with Gasteiger partial charge in [0.05, 0.1) is 11.9 Å². The lowest BCUT2D eigenvalue weighted by Crippen LogP contribution is -2.41. The molecule has 1 amide bonds. The second-order valence-corrected chi connectivity index (χ2v) is 9.85. The fourth-order valence-corrected chi connectivity index (χ4v) is 4.29. The summed E-state index contributed by atoms with van der Waals surface area (Å²) < 4.78 is 25.3. The molecule has 0 spiro atoms. The predicted molar refractivity (Wildman–Crippen MR) is 119 cm³/mol. The number of thioether (sulfide) groups is 1. The Kier molecular flexibility index (Phi) is 8.55. The van der Waals surface area contributed by atoms with E-state index in [0.29, 0.717) is 22.9 Å². The van der Waals surface area contributed by atoms with E-state index in [4.69, 9.17) is 11.6 Å². The van der Waals surface area contributed by atoms with Gasteiger partial charge in [-0.15, -0.1) is 0 Å². The first-order valence-electron chi connectivity index (χ1n) is 8.84. The van der Waals surface area contributed by atoms with Crippen molar-refractivity contribution in [3.8, 4) is 0 Å². The second-order valence-electron chi connectivity index (χ2n) is 6.41. The van der Waals surface area contributed by atoms with Crippen molar-refractivity contribution in [2.75, 3.05) is 29.4 Å². The average molecular weight is 455 g/mol. The molecular formula is C20H23ClN2O4S2. The molecule has 6 nitrogen and oxygen atoms in total. The molecule has 1 N–H and O–H groups in total. The number of carbonyl (C=O) groups is 2. The fraction of sp³-hybridized carbons (Fsp3) is 0.300. The van der Waals surface area contributed by atoms with Crippen molar-refractivity contribution in [3.63, 3.8) is 0 Å². The van der Waals surface area contributed by atoms with Crippen LogP contribution in [-0.2, 0) is 20.6 Å². The Balaban J connectivity index is 1.88. The molecule has 156 valence electrons. The number of nitrogens with one attached hydrogen (secondary N) is 1. The lowest BCUT2D eigenvalue weighted by molar-refractivity contribution is -0.119. The molecule has 9 heteroatoms. The number of Topliss-reactive ketones (excluding diaryl/α,β-unsaturated/α-hetero) is 1. The zero-order chi connectivity index (χ0) is 21.4. The van der Waals surface area contributed by atoms with E-state index < -0.39 is 15.9 Å². The van der Waals surface area contributed by atoms with Crippen LogP contribution in [0.1, 0.15) is 22.8 Å². The number of hydrogen-bond donors (Lipinski definition) is 1. The third-order valence-corrected chi connectivity index (χ3v) is 6.40. The maximum absolute atomic E-state index is 12.3. The number of carbonyl (C=O) groups excluding carboxylic acids is 2. The van der Waals surface area contributed by atoms with E-state index in [0.717, 1.165) is 21.9 Å². The third kappa shape index (κ3) is 7.72. The van der Waals surface area contributed by atoms with Gasteiger partial charge in [-0.2, -0.15) is 11.8 Å². The normalized spacial score (nSPS) is 11.1. The molecule has 2 aromatic carbocycles. The topological polar surface area (TPSA) is 83.6 Å². The predicted octanol–water partition coefficient (Wildman–Crippen LogP) is 3.36. The summed E-state index contributed by atoms with van der Waals surface area (Å²) in [6.07, 6.45) is 1.03. The van der Waals surface area contributed by atoms with Crippen molar-refractivity contribution in [2.24, 2.45) is 0 Å². The van der Waals surface area contributed by atoms with Crippen molar-refractivity contribution >= 4 is 50.8 Å². The van der Waals surface area contributed by atoms with Crippen LogP contribution in [0.15, 0.2) is 48.5 Å². The number of rotatable bonds is 10. The van der Waals surface area contributed by atoms with Crippen molar-refractivity contribution < 1.29 is 18.0 Å². The van der Waals surface area contributed by atoms with E-state index in [2.05, 4.69) is 5.32 Å². The summed E-state index contributed by atoms with van der Waals surface area (Å²) in [5.41, 5.74) is 1.81. The van der Waals surface area contributed by atoms with E-state index in [1.165, 1.54) is 13.0 Å². The fourth-order valence-electron chi connectivity index (χ4n) is 2.50. The lowest BCUT2D eigenvalue weighted by atomic mass is 10.1. The van der Waals surface area contributed by atoms with Crippen LogP contribution in [-0.4, -0.2) is 45.2 Å². The molecular weight excluding hydrogens is 432 g/mol. The molecule has 0 radical (unpaired) electrons. The number of ketones is 1. The van der Waals surface area contributed by atoms with Gasteiger partial charge in [0.1, 0.15) is 6.54 Å². The summed E-state index contributed by atoms with van der Waals surface area (Å²) in [7, 11) is -3.69. The summed E-state index contributed by atoms with van der Waals surface area (Å²) in [5, 5.41) is 3.42. The SMILES string of the molecule is CC(=O)c1cccc(N(CC(=O)NCCSCc2ccc(Cl)cc2)S(C)(=O)=O)c1. The van der Waals surface area contributed by atoms with Crippen LogP contribution in [0.3, 0.4) is 0 Å². The Morgan fingerprint density at radius 3 is 2.45 bits per heavy atom. The van der Waals surface area contributed by atoms with Crippen LogP contribution in [0.5, 0.6) is 0 Å². The van der Waals surface area contributed by atoms with E-state index in [-0.39, 0.29) is 18.0 Å². The maximum atomic E-state index is 12.3. The third-order valence-electron chi connectivity index (χ3n) is 3.98. The van der Waals surface area contributed by atoms with Crippen LogP contribution >= 0.6 is 23.4 Å². The molecule has 2 aromatic rings. The number of benzene rings is 2. The van der Waals surface area contributed by atoms with Gasteiger partial charge in [0.25, 0.3) is 0 Å². The zero-order valence-corrected chi connectivity index (χ0v) is 18.6. The van der Waals surface area contributed by atoms with Crippen molar-refractivity contribution in [1.29, 1.82) is 0 Å². The van der Waals surface area contributed by atoms with Gasteiger partial charge < -0.3 is 5.32 Å². The van der Waals surface area contributed by atoms with Crippen molar-refractivity contribution in [3.05, 3.63) is 64.7 Å². The highest BCUT2D eigenvalue weighted by Crippen LogP contribution is 2.19. The van der Waals surface area contributed by atoms with Crippen LogP contribution in [0, 0.1) is 0 Å². The highest BCUT2D eigenvalue weighted by Gasteiger charge is 2.21. The van der Waals surface area contributed by atoms with Gasteiger partial charge in [-0.1, -0.05) is 35.9 Å². The molecule has 0 fully saturated rings. The molecule has 0 saturated carbocycles. The van der Waals surface area contributed by atoms with Crippen LogP contribution in [0.25, 0.3) is 0 Å². The highest BCUT2D eigenvalue weighted by atomic mass is 35.5. The van der Waals surface area contributed by atoms with Crippen LogP contribution in [0.4, 0.5) is 5.69 Å². The average Bonchev–Trinajstić information content (AvgIpc) is 2.66. The first-order chi connectivity index (χ1) is 13.7. The van der Waals surface area contributed by atoms with Crippen LogP contribution < -0.4 is 9.62 Å². The van der Waals surface area contributed by atoms with Gasteiger partial charge in [-0.25, -0.2) is 8.42 Å². The molecule has 0 heterocycles. The summed E-state index contributed by atoms with van der Waals surface area (Å²) in [4.78, 5) is 23.8. The van der Waals surface area contributed by atoms with Gasteiger partial charge in [0.15, 0.2) is 5.78 Å². The molecule has 0 aliphatic carbocycles. The smallest absolute Gasteiger partial charge is 0.240 e. The molecule has 0 aromatic heterocycles. The Hall–Kier alpha value is -2.03. The van der Waals surface area contributed by atoms with Crippen molar-refractivity contribution in [1.82, 2.24) is 5.32 Å². The van der Waals surface area contributed by atoms with Gasteiger partial charge in [-0.05, 0) is 36.8 Å². The zero-order valence-electron chi connectivity index (χ0n) is 16.2. The second kappa shape index (κ2) is 10.7. The molecule has 0 atom stereocenters. The first kappa shape index (κ1) is 23.3. The first-order valence-corrected chi connectivity index (χ1v) is 12.2. The molecule has 0 aliphatic heterocycles. The molecule has 0 saturated heterocycles. The minimum atomic E-state index is -3.69. The minimum Gasteiger partial charge on any atom is -0.354 e. The minimum absolute atomic E-state index is 0.178. The molecule has 29 heavy (non-hydrogen) atoms. The van der Waals surface area contributed by atoms with Crippen LogP contribution in [0.2, 0.25) is 5.02 Å². The standard InChI is InChI=1S/C20H23ClN2O4S2/c1-15(24)17-4-3-5-19(12-17)23(29(2,26)27)13-20(25)22-10-11-28-14-16-6-8-18(21)9-7-16/h3-9,12H,10-11,13-14H2,1-2H3,(H,22,25). The van der Waals surface area contributed by atoms with Crippen molar-refractivity contribution in [2.45, 2.75) is 12.7 Å². The van der Waals surface area contributed by atoms with Gasteiger partial charge >= 0.3 is 0 Å². The monoisotopic (exact) mass is 454 g/mol. The summed E-state index contributed by atoms with van der Waals surface area (Å²) >= 11 is 7.51. The summed E-state index contributed by atoms with van der Waals surface area (Å²) in [6, 6.07) is 13.8. The molecule has 0 aliphatic rings. The molecule has 2 rings (SSSR count). The van der Waals surface area contributed by atoms with E-state index >= 15 is 0 Å². The summed E-state index contributed by atoms with van der Waals surface area (Å²) in [6.45, 7) is 1.47. The Labute approximate surface area is 180 Å². The highest BCUT2D eigenvalue weighted by molar-refractivity contribution is 7.98. The lowest BCUT2D eigenvalue weighted by Gasteiger charge is -2.22. The summed E-state index contributed by atoms with van der Waals surface area (Å²) in [5.74, 6) is 0.895. The quantitative estimate of drug-likeness (QED) is 0.439.